The monoisotopic (exact) mass is 285 g/mol. The summed E-state index contributed by atoms with van der Waals surface area (Å²) < 4.78 is 0. The molecule has 20 heavy (non-hydrogen) atoms. The first-order chi connectivity index (χ1) is 9.29. The lowest BCUT2D eigenvalue weighted by molar-refractivity contribution is -0.139. The molecule has 1 heterocycles. The van der Waals surface area contributed by atoms with Crippen molar-refractivity contribution in [2.45, 2.75) is 39.2 Å². The van der Waals surface area contributed by atoms with E-state index in [9.17, 15) is 14.4 Å². The van der Waals surface area contributed by atoms with Crippen LogP contribution in [-0.2, 0) is 9.59 Å². The predicted molar refractivity (Wildman–Crippen MR) is 72.9 cm³/mol. The van der Waals surface area contributed by atoms with Gasteiger partial charge in [0.25, 0.3) is 0 Å². The maximum absolute atomic E-state index is 12.1. The number of nitrogens with zero attached hydrogens (tertiary/aromatic N) is 1. The minimum Gasteiger partial charge on any atom is -0.480 e. The van der Waals surface area contributed by atoms with Crippen molar-refractivity contribution >= 4 is 17.9 Å². The zero-order valence-corrected chi connectivity index (χ0v) is 12.0. The summed E-state index contributed by atoms with van der Waals surface area (Å²) in [6.45, 7) is 5.38. The van der Waals surface area contributed by atoms with E-state index in [1.165, 1.54) is 0 Å². The molecule has 1 aliphatic rings. The van der Waals surface area contributed by atoms with Crippen LogP contribution >= 0.6 is 0 Å². The lowest BCUT2D eigenvalue weighted by atomic mass is 9.92. The number of nitrogens with two attached hydrogens (primary N) is 1. The lowest BCUT2D eigenvalue weighted by Crippen LogP contribution is -2.52. The van der Waals surface area contributed by atoms with E-state index in [0.717, 1.165) is 6.42 Å². The van der Waals surface area contributed by atoms with Gasteiger partial charge in [0, 0.05) is 19.5 Å². The minimum absolute atomic E-state index is 0.00928. The molecule has 2 unspecified atom stereocenters. The van der Waals surface area contributed by atoms with Crippen LogP contribution in [0.1, 0.15) is 33.1 Å². The van der Waals surface area contributed by atoms with E-state index in [1.54, 1.807) is 4.90 Å². The van der Waals surface area contributed by atoms with E-state index >= 15 is 0 Å². The molecule has 0 radical (unpaired) electrons. The maximum atomic E-state index is 12.1. The lowest BCUT2D eigenvalue weighted by Gasteiger charge is -2.35. The Morgan fingerprint density at radius 1 is 1.30 bits per heavy atom. The SMILES string of the molecule is CC1CC(C)CN(C(=O)N[C@@H](CCC(N)=O)C(=O)O)C1. The molecule has 114 valence electrons. The molecule has 0 bridgehead atoms. The summed E-state index contributed by atoms with van der Waals surface area (Å²) >= 11 is 0. The second-order valence-electron chi connectivity index (χ2n) is 5.70. The molecule has 0 spiro atoms. The normalized spacial score (nSPS) is 24.0. The number of aliphatic carboxylic acids is 1. The molecular formula is C13H23N3O4. The quantitative estimate of drug-likeness (QED) is 0.678. The van der Waals surface area contributed by atoms with Crippen molar-refractivity contribution in [1.29, 1.82) is 0 Å². The summed E-state index contributed by atoms with van der Waals surface area (Å²) in [5.74, 6) is -0.930. The van der Waals surface area contributed by atoms with Crippen molar-refractivity contribution in [3.63, 3.8) is 0 Å². The van der Waals surface area contributed by atoms with Crippen molar-refractivity contribution in [3.8, 4) is 0 Å². The number of carboxylic acid groups (broad SMARTS) is 1. The van der Waals surface area contributed by atoms with Crippen LogP contribution in [-0.4, -0.2) is 47.0 Å². The third-order valence-electron chi connectivity index (χ3n) is 3.43. The van der Waals surface area contributed by atoms with Crippen LogP contribution in [0.5, 0.6) is 0 Å². The summed E-state index contributed by atoms with van der Waals surface area (Å²) in [7, 11) is 0. The van der Waals surface area contributed by atoms with Gasteiger partial charge in [-0.1, -0.05) is 13.8 Å². The van der Waals surface area contributed by atoms with E-state index in [-0.39, 0.29) is 18.9 Å². The van der Waals surface area contributed by atoms with Crippen LogP contribution in [0.3, 0.4) is 0 Å². The van der Waals surface area contributed by atoms with Crippen LogP contribution in [0.4, 0.5) is 4.79 Å². The zero-order chi connectivity index (χ0) is 15.3. The number of rotatable bonds is 5. The highest BCUT2D eigenvalue weighted by atomic mass is 16.4. The van der Waals surface area contributed by atoms with E-state index in [1.807, 2.05) is 0 Å². The summed E-state index contributed by atoms with van der Waals surface area (Å²) in [5.41, 5.74) is 5.00. The van der Waals surface area contributed by atoms with Gasteiger partial charge >= 0.3 is 12.0 Å². The summed E-state index contributed by atoms with van der Waals surface area (Å²) in [6, 6.07) is -1.47. The van der Waals surface area contributed by atoms with E-state index in [0.29, 0.717) is 24.9 Å². The van der Waals surface area contributed by atoms with Gasteiger partial charge in [0.05, 0.1) is 0 Å². The number of carbonyl (C=O) groups is 3. The molecule has 0 aliphatic carbocycles. The Kier molecular flexibility index (Phi) is 5.79. The largest absolute Gasteiger partial charge is 0.480 e. The molecule has 0 aromatic heterocycles. The van der Waals surface area contributed by atoms with Crippen LogP contribution in [0.25, 0.3) is 0 Å². The van der Waals surface area contributed by atoms with Crippen LogP contribution in [0, 0.1) is 11.8 Å². The minimum atomic E-state index is -1.15. The molecule has 3 atom stereocenters. The Morgan fingerprint density at radius 3 is 2.30 bits per heavy atom. The van der Waals surface area contributed by atoms with E-state index < -0.39 is 17.9 Å². The molecule has 1 saturated heterocycles. The highest BCUT2D eigenvalue weighted by Gasteiger charge is 2.28. The fraction of sp³-hybridized carbons (Fsp3) is 0.769. The number of urea groups is 1. The summed E-state index contributed by atoms with van der Waals surface area (Å²) in [4.78, 5) is 35.5. The Morgan fingerprint density at radius 2 is 1.85 bits per heavy atom. The molecule has 7 heteroatoms. The standard InChI is InChI=1S/C13H23N3O4/c1-8-5-9(2)7-16(6-8)13(20)15-10(12(18)19)3-4-11(14)17/h8-10H,3-7H2,1-2H3,(H2,14,17)(H,15,20)(H,18,19)/t8?,9?,10-/m0/s1. The summed E-state index contributed by atoms with van der Waals surface area (Å²) in [5, 5.41) is 11.5. The van der Waals surface area contributed by atoms with Gasteiger partial charge in [0.2, 0.25) is 5.91 Å². The first kappa shape index (κ1) is 16.3. The number of likely N-dealkylation sites (tertiary alicyclic amines) is 1. The maximum Gasteiger partial charge on any atom is 0.326 e. The van der Waals surface area contributed by atoms with Gasteiger partial charge in [-0.05, 0) is 24.7 Å². The number of amides is 3. The van der Waals surface area contributed by atoms with Crippen molar-refractivity contribution in [3.05, 3.63) is 0 Å². The van der Waals surface area contributed by atoms with E-state index in [2.05, 4.69) is 19.2 Å². The molecule has 7 nitrogen and oxygen atoms in total. The molecule has 0 saturated carbocycles. The van der Waals surface area contributed by atoms with Crippen molar-refractivity contribution < 1.29 is 19.5 Å². The van der Waals surface area contributed by atoms with Gasteiger partial charge < -0.3 is 21.1 Å². The number of carbonyl (C=O) groups excluding carboxylic acids is 2. The smallest absolute Gasteiger partial charge is 0.326 e. The molecule has 1 rings (SSSR count). The Bertz CT molecular complexity index is 376. The summed E-state index contributed by atoms with van der Waals surface area (Å²) in [6.07, 6.45) is 1.01. The number of piperidine rings is 1. The van der Waals surface area contributed by atoms with Crippen molar-refractivity contribution in [2.75, 3.05) is 13.1 Å². The molecular weight excluding hydrogens is 262 g/mol. The third kappa shape index (κ3) is 5.07. The fourth-order valence-corrected chi connectivity index (χ4v) is 2.61. The average molecular weight is 285 g/mol. The first-order valence-electron chi connectivity index (χ1n) is 6.86. The molecule has 0 aromatic carbocycles. The Balaban J connectivity index is 2.56. The van der Waals surface area contributed by atoms with Gasteiger partial charge in [-0.15, -0.1) is 0 Å². The second kappa shape index (κ2) is 7.12. The molecule has 0 aromatic rings. The predicted octanol–water partition coefficient (Wildman–Crippen LogP) is 0.393. The van der Waals surface area contributed by atoms with Crippen LogP contribution in [0.15, 0.2) is 0 Å². The zero-order valence-electron chi connectivity index (χ0n) is 12.0. The number of hydrogen-bond donors (Lipinski definition) is 3. The highest BCUT2D eigenvalue weighted by Crippen LogP contribution is 2.20. The first-order valence-corrected chi connectivity index (χ1v) is 6.86. The molecule has 1 aliphatic heterocycles. The number of hydrogen-bond acceptors (Lipinski definition) is 3. The van der Waals surface area contributed by atoms with Gasteiger partial charge in [-0.2, -0.15) is 0 Å². The van der Waals surface area contributed by atoms with Gasteiger partial charge in [-0.25, -0.2) is 9.59 Å². The van der Waals surface area contributed by atoms with Gasteiger partial charge in [-0.3, -0.25) is 4.79 Å². The Labute approximate surface area is 118 Å². The third-order valence-corrected chi connectivity index (χ3v) is 3.43. The number of nitrogens with one attached hydrogen (secondary N) is 1. The van der Waals surface area contributed by atoms with Crippen molar-refractivity contribution in [2.24, 2.45) is 17.6 Å². The second-order valence-corrected chi connectivity index (χ2v) is 5.70. The highest BCUT2D eigenvalue weighted by molar-refractivity contribution is 5.83. The van der Waals surface area contributed by atoms with E-state index in [4.69, 9.17) is 10.8 Å². The van der Waals surface area contributed by atoms with Gasteiger partial charge in [0.15, 0.2) is 0 Å². The van der Waals surface area contributed by atoms with Crippen LogP contribution in [0.2, 0.25) is 0 Å². The number of primary amides is 1. The molecule has 1 fully saturated rings. The van der Waals surface area contributed by atoms with Crippen molar-refractivity contribution in [1.82, 2.24) is 10.2 Å². The average Bonchev–Trinajstić information content (AvgIpc) is 2.32. The molecule has 4 N–H and O–H groups in total. The molecule has 3 amide bonds. The number of carboxylic acids is 1. The fourth-order valence-electron chi connectivity index (χ4n) is 2.61. The topological polar surface area (TPSA) is 113 Å². The Hall–Kier alpha value is -1.79. The van der Waals surface area contributed by atoms with Gasteiger partial charge in [0.1, 0.15) is 6.04 Å². The van der Waals surface area contributed by atoms with Crippen LogP contribution < -0.4 is 11.1 Å².